The van der Waals surface area contributed by atoms with E-state index in [1.807, 2.05) is 25.1 Å². The van der Waals surface area contributed by atoms with Crippen molar-refractivity contribution in [3.63, 3.8) is 0 Å². The van der Waals surface area contributed by atoms with E-state index in [1.165, 1.54) is 25.7 Å². The summed E-state index contributed by atoms with van der Waals surface area (Å²) in [6.07, 6.45) is 5.05. The van der Waals surface area contributed by atoms with Gasteiger partial charge in [-0.3, -0.25) is 4.79 Å². The van der Waals surface area contributed by atoms with Crippen molar-refractivity contribution in [2.45, 2.75) is 38.6 Å². The van der Waals surface area contributed by atoms with E-state index >= 15 is 0 Å². The van der Waals surface area contributed by atoms with E-state index in [0.717, 1.165) is 15.7 Å². The Morgan fingerprint density at radius 3 is 2.65 bits per heavy atom. The van der Waals surface area contributed by atoms with Crippen LogP contribution >= 0.6 is 11.6 Å². The summed E-state index contributed by atoms with van der Waals surface area (Å²) in [6, 6.07) is 6.21. The third-order valence-electron chi connectivity index (χ3n) is 4.41. The van der Waals surface area contributed by atoms with Crippen molar-refractivity contribution in [2.24, 2.45) is 0 Å². The molecule has 20 heavy (non-hydrogen) atoms. The largest absolute Gasteiger partial charge is 0.321 e. The van der Waals surface area contributed by atoms with Crippen molar-refractivity contribution in [1.29, 1.82) is 0 Å². The zero-order chi connectivity index (χ0) is 14.8. The molecular weight excluding hydrogens is 272 g/mol. The Hall–Kier alpha value is -1.06. The zero-order valence-electron chi connectivity index (χ0n) is 12.6. The summed E-state index contributed by atoms with van der Waals surface area (Å²) < 4.78 is 0.769. The summed E-state index contributed by atoms with van der Waals surface area (Å²) in [4.78, 5) is 12.3. The van der Waals surface area contributed by atoms with Crippen molar-refractivity contribution < 1.29 is 9.28 Å². The topological polar surface area (TPSA) is 29.1 Å². The second-order valence-corrected chi connectivity index (χ2v) is 6.74. The van der Waals surface area contributed by atoms with E-state index in [4.69, 9.17) is 11.6 Å². The number of amides is 1. The quantitative estimate of drug-likeness (QED) is 0.845. The molecule has 110 valence electrons. The van der Waals surface area contributed by atoms with Gasteiger partial charge in [0.2, 0.25) is 0 Å². The van der Waals surface area contributed by atoms with Gasteiger partial charge in [-0.1, -0.05) is 17.7 Å². The lowest BCUT2D eigenvalue weighted by atomic mass is 10.1. The number of halogens is 1. The highest BCUT2D eigenvalue weighted by atomic mass is 35.5. The average Bonchev–Trinajstić information content (AvgIpc) is 2.89. The summed E-state index contributed by atoms with van der Waals surface area (Å²) >= 11 is 6.08. The predicted octanol–water partition coefficient (Wildman–Crippen LogP) is 3.61. The second-order valence-electron chi connectivity index (χ2n) is 6.34. The lowest BCUT2D eigenvalue weighted by molar-refractivity contribution is -0.906. The van der Waals surface area contributed by atoms with Crippen LogP contribution in [0.15, 0.2) is 18.2 Å². The van der Waals surface area contributed by atoms with Crippen LogP contribution in [0, 0.1) is 6.92 Å². The Kier molecular flexibility index (Phi) is 4.71. The molecule has 0 saturated heterocycles. The summed E-state index contributed by atoms with van der Waals surface area (Å²) in [5.74, 6) is 0.0623. The van der Waals surface area contributed by atoms with Crippen molar-refractivity contribution in [3.8, 4) is 0 Å². The minimum absolute atomic E-state index is 0.0623. The minimum Gasteiger partial charge on any atom is -0.321 e. The molecule has 0 heterocycles. The van der Waals surface area contributed by atoms with Crippen molar-refractivity contribution >= 4 is 23.2 Å². The number of hydrogen-bond acceptors (Lipinski definition) is 1. The van der Waals surface area contributed by atoms with Crippen molar-refractivity contribution in [1.82, 2.24) is 0 Å². The van der Waals surface area contributed by atoms with E-state index in [0.29, 0.717) is 17.6 Å². The molecule has 0 aliphatic heterocycles. The molecule has 2 rings (SSSR count). The molecule has 0 unspecified atom stereocenters. The van der Waals surface area contributed by atoms with Crippen molar-refractivity contribution in [2.75, 3.05) is 26.0 Å². The van der Waals surface area contributed by atoms with Gasteiger partial charge in [0.15, 0.2) is 6.54 Å². The number of carbonyl (C=O) groups is 1. The third-order valence-corrected chi connectivity index (χ3v) is 4.82. The molecule has 3 nitrogen and oxygen atoms in total. The fraction of sp³-hybridized carbons (Fsp3) is 0.562. The van der Waals surface area contributed by atoms with Gasteiger partial charge in [-0.05, 0) is 50.3 Å². The molecule has 0 atom stereocenters. The molecular formula is C16H24ClN2O+. The Morgan fingerprint density at radius 2 is 2.00 bits per heavy atom. The van der Waals surface area contributed by atoms with Crippen LogP contribution in [0.1, 0.15) is 31.2 Å². The number of anilines is 1. The number of nitrogens with one attached hydrogen (secondary N) is 1. The van der Waals surface area contributed by atoms with Gasteiger partial charge in [0.05, 0.1) is 20.1 Å². The first-order chi connectivity index (χ1) is 9.40. The molecule has 1 aromatic carbocycles. The van der Waals surface area contributed by atoms with E-state index in [-0.39, 0.29) is 5.91 Å². The monoisotopic (exact) mass is 295 g/mol. The molecule has 1 amide bonds. The highest BCUT2D eigenvalue weighted by Crippen LogP contribution is 2.27. The van der Waals surface area contributed by atoms with E-state index in [9.17, 15) is 4.79 Å². The maximum absolute atomic E-state index is 12.3. The highest BCUT2D eigenvalue weighted by molar-refractivity contribution is 6.31. The molecule has 0 radical (unpaired) electrons. The molecule has 1 N–H and O–H groups in total. The van der Waals surface area contributed by atoms with Crippen LogP contribution in [0.4, 0.5) is 5.69 Å². The molecule has 1 aromatic rings. The Morgan fingerprint density at radius 1 is 1.35 bits per heavy atom. The first-order valence-electron chi connectivity index (χ1n) is 7.28. The fourth-order valence-corrected chi connectivity index (χ4v) is 3.21. The highest BCUT2D eigenvalue weighted by Gasteiger charge is 2.33. The number of rotatable bonds is 4. The first-order valence-corrected chi connectivity index (χ1v) is 7.65. The van der Waals surface area contributed by atoms with E-state index in [1.54, 1.807) is 0 Å². The predicted molar refractivity (Wildman–Crippen MR) is 84.1 cm³/mol. The standard InChI is InChI=1S/C16H23ClN2O/c1-12-14(17)9-6-10-15(12)18-16(20)11-19(2,3)13-7-4-5-8-13/h6,9-10,13H,4-5,7-8,11H2,1-3H3/p+1. The van der Waals surface area contributed by atoms with Crippen LogP contribution in [-0.2, 0) is 4.79 Å². The smallest absolute Gasteiger partial charge is 0.279 e. The summed E-state index contributed by atoms with van der Waals surface area (Å²) in [6.45, 7) is 2.44. The van der Waals surface area contributed by atoms with Gasteiger partial charge in [0, 0.05) is 10.7 Å². The summed E-state index contributed by atoms with van der Waals surface area (Å²) in [5, 5.41) is 3.68. The van der Waals surface area contributed by atoms with Gasteiger partial charge in [0.25, 0.3) is 5.91 Å². The molecule has 1 fully saturated rings. The number of carbonyl (C=O) groups excluding carboxylic acids is 1. The lowest BCUT2D eigenvalue weighted by Crippen LogP contribution is -2.51. The van der Waals surface area contributed by atoms with E-state index < -0.39 is 0 Å². The number of nitrogens with zero attached hydrogens (tertiary/aromatic N) is 1. The molecule has 1 saturated carbocycles. The molecule has 4 heteroatoms. The van der Waals surface area contributed by atoms with Gasteiger partial charge >= 0.3 is 0 Å². The van der Waals surface area contributed by atoms with Crippen LogP contribution in [0.3, 0.4) is 0 Å². The molecule has 0 aromatic heterocycles. The van der Waals surface area contributed by atoms with Crippen LogP contribution < -0.4 is 5.32 Å². The summed E-state index contributed by atoms with van der Waals surface area (Å²) in [5.41, 5.74) is 1.74. The number of quaternary nitrogens is 1. The first kappa shape index (κ1) is 15.3. The average molecular weight is 296 g/mol. The van der Waals surface area contributed by atoms with Gasteiger partial charge in [0.1, 0.15) is 0 Å². The number of benzene rings is 1. The molecule has 0 spiro atoms. The lowest BCUT2D eigenvalue weighted by Gasteiger charge is -2.35. The molecule has 1 aliphatic rings. The van der Waals surface area contributed by atoms with Crippen LogP contribution in [0.2, 0.25) is 5.02 Å². The maximum Gasteiger partial charge on any atom is 0.279 e. The molecule has 0 bridgehead atoms. The van der Waals surface area contributed by atoms with E-state index in [2.05, 4.69) is 19.4 Å². The van der Waals surface area contributed by atoms with Crippen molar-refractivity contribution in [3.05, 3.63) is 28.8 Å². The van der Waals surface area contributed by atoms with Gasteiger partial charge in [-0.15, -0.1) is 0 Å². The Labute approximate surface area is 126 Å². The van der Waals surface area contributed by atoms with Gasteiger partial charge < -0.3 is 9.80 Å². The zero-order valence-corrected chi connectivity index (χ0v) is 13.3. The van der Waals surface area contributed by atoms with Crippen LogP contribution in [0.25, 0.3) is 0 Å². The second kappa shape index (κ2) is 6.15. The van der Waals surface area contributed by atoms with Crippen LogP contribution in [0.5, 0.6) is 0 Å². The third kappa shape index (κ3) is 3.53. The SMILES string of the molecule is Cc1c(Cl)cccc1NC(=O)C[N+](C)(C)C1CCCC1. The Balaban J connectivity index is 2.00. The van der Waals surface area contributed by atoms with Gasteiger partial charge in [-0.25, -0.2) is 0 Å². The van der Waals surface area contributed by atoms with Crippen LogP contribution in [-0.4, -0.2) is 37.1 Å². The maximum atomic E-state index is 12.3. The van der Waals surface area contributed by atoms with Gasteiger partial charge in [-0.2, -0.15) is 0 Å². The number of hydrogen-bond donors (Lipinski definition) is 1. The molecule has 1 aliphatic carbocycles. The fourth-order valence-electron chi connectivity index (χ4n) is 3.04. The summed E-state index contributed by atoms with van der Waals surface area (Å²) in [7, 11) is 4.31. The number of likely N-dealkylation sites (N-methyl/N-ethyl adjacent to an activating group) is 1. The minimum atomic E-state index is 0.0623. The Bertz CT molecular complexity index is 493. The normalized spacial score (nSPS) is 16.4.